The molecule has 0 aliphatic carbocycles. The Morgan fingerprint density at radius 3 is 2.54 bits per heavy atom. The maximum absolute atomic E-state index is 5.13. The molecule has 1 aromatic rings. The van der Waals surface area contributed by atoms with Gasteiger partial charge in [-0.2, -0.15) is 5.48 Å². The molecule has 0 heterocycles. The monoisotopic (exact) mass is 291 g/mol. The summed E-state index contributed by atoms with van der Waals surface area (Å²) in [6.07, 6.45) is 0. The van der Waals surface area contributed by atoms with Gasteiger partial charge in [0, 0.05) is 3.57 Å². The normalized spacial score (nSPS) is 12.8. The van der Waals surface area contributed by atoms with E-state index >= 15 is 0 Å². The molecule has 0 aliphatic rings. The standard InChI is InChI=1S/C10H14INO/c1-3-13-12-8(2)9-4-6-10(11)7-5-9/h4-8,12H,3H2,1-2H3. The topological polar surface area (TPSA) is 21.3 Å². The Bertz CT molecular complexity index is 248. The minimum Gasteiger partial charge on any atom is -0.302 e. The Balaban J connectivity index is 2.55. The molecular weight excluding hydrogens is 277 g/mol. The van der Waals surface area contributed by atoms with E-state index < -0.39 is 0 Å². The molecule has 0 aromatic heterocycles. The van der Waals surface area contributed by atoms with E-state index in [4.69, 9.17) is 4.84 Å². The molecule has 0 spiro atoms. The van der Waals surface area contributed by atoms with Crippen LogP contribution in [0, 0.1) is 3.57 Å². The van der Waals surface area contributed by atoms with Gasteiger partial charge in [-0.3, -0.25) is 0 Å². The van der Waals surface area contributed by atoms with E-state index in [2.05, 4.69) is 59.3 Å². The Morgan fingerprint density at radius 2 is 2.00 bits per heavy atom. The van der Waals surface area contributed by atoms with Crippen LogP contribution in [-0.2, 0) is 4.84 Å². The first-order chi connectivity index (χ1) is 6.24. The summed E-state index contributed by atoms with van der Waals surface area (Å²) in [5.74, 6) is 0. The number of halogens is 1. The highest BCUT2D eigenvalue weighted by atomic mass is 127. The van der Waals surface area contributed by atoms with Crippen molar-refractivity contribution in [3.8, 4) is 0 Å². The van der Waals surface area contributed by atoms with Crippen LogP contribution < -0.4 is 5.48 Å². The quantitative estimate of drug-likeness (QED) is 0.680. The zero-order valence-electron chi connectivity index (χ0n) is 7.88. The van der Waals surface area contributed by atoms with Crippen molar-refractivity contribution >= 4 is 22.6 Å². The van der Waals surface area contributed by atoms with Gasteiger partial charge < -0.3 is 4.84 Å². The van der Waals surface area contributed by atoms with Gasteiger partial charge in [-0.1, -0.05) is 12.1 Å². The van der Waals surface area contributed by atoms with Crippen molar-refractivity contribution in [2.24, 2.45) is 0 Å². The molecular formula is C10H14INO. The highest BCUT2D eigenvalue weighted by molar-refractivity contribution is 14.1. The molecule has 1 rings (SSSR count). The number of rotatable bonds is 4. The summed E-state index contributed by atoms with van der Waals surface area (Å²) in [7, 11) is 0. The smallest absolute Gasteiger partial charge is 0.0654 e. The zero-order chi connectivity index (χ0) is 9.68. The Hall–Kier alpha value is -0.130. The van der Waals surface area contributed by atoms with Crippen LogP contribution >= 0.6 is 22.6 Å². The third-order valence-corrected chi connectivity index (χ3v) is 2.49. The molecule has 0 saturated heterocycles. The average molecular weight is 291 g/mol. The lowest BCUT2D eigenvalue weighted by Crippen LogP contribution is -2.18. The highest BCUT2D eigenvalue weighted by Gasteiger charge is 2.03. The van der Waals surface area contributed by atoms with Gasteiger partial charge in [0.2, 0.25) is 0 Å². The number of hydroxylamine groups is 1. The molecule has 0 aliphatic heterocycles. The summed E-state index contributed by atoms with van der Waals surface area (Å²) >= 11 is 2.30. The van der Waals surface area contributed by atoms with Crippen LogP contribution in [0.5, 0.6) is 0 Å². The predicted octanol–water partition coefficient (Wildman–Crippen LogP) is 2.89. The third-order valence-electron chi connectivity index (χ3n) is 1.77. The van der Waals surface area contributed by atoms with E-state index in [1.165, 1.54) is 9.13 Å². The van der Waals surface area contributed by atoms with Gasteiger partial charge in [0.1, 0.15) is 0 Å². The minimum absolute atomic E-state index is 0.247. The van der Waals surface area contributed by atoms with Crippen LogP contribution in [0.15, 0.2) is 24.3 Å². The minimum atomic E-state index is 0.247. The fourth-order valence-corrected chi connectivity index (χ4v) is 1.39. The molecule has 72 valence electrons. The first-order valence-corrected chi connectivity index (χ1v) is 5.44. The zero-order valence-corrected chi connectivity index (χ0v) is 10.0. The van der Waals surface area contributed by atoms with Crippen LogP contribution in [-0.4, -0.2) is 6.61 Å². The van der Waals surface area contributed by atoms with Crippen molar-refractivity contribution in [3.05, 3.63) is 33.4 Å². The number of hydrogen-bond donors (Lipinski definition) is 1. The second kappa shape index (κ2) is 5.57. The van der Waals surface area contributed by atoms with E-state index in [0.29, 0.717) is 6.61 Å². The lowest BCUT2D eigenvalue weighted by atomic mass is 10.1. The van der Waals surface area contributed by atoms with Crippen molar-refractivity contribution in [1.29, 1.82) is 0 Å². The van der Waals surface area contributed by atoms with Crippen molar-refractivity contribution in [3.63, 3.8) is 0 Å². The summed E-state index contributed by atoms with van der Waals surface area (Å²) in [5, 5.41) is 0. The molecule has 0 fully saturated rings. The Labute approximate surface area is 92.8 Å². The maximum Gasteiger partial charge on any atom is 0.0654 e. The molecule has 13 heavy (non-hydrogen) atoms. The van der Waals surface area contributed by atoms with E-state index in [0.717, 1.165) is 0 Å². The number of hydrogen-bond acceptors (Lipinski definition) is 2. The van der Waals surface area contributed by atoms with Crippen LogP contribution in [0.2, 0.25) is 0 Å². The second-order valence-corrected chi connectivity index (χ2v) is 4.07. The molecule has 1 atom stereocenters. The van der Waals surface area contributed by atoms with Crippen LogP contribution in [0.4, 0.5) is 0 Å². The van der Waals surface area contributed by atoms with E-state index in [9.17, 15) is 0 Å². The summed E-state index contributed by atoms with van der Waals surface area (Å²) in [5.41, 5.74) is 4.21. The molecule has 0 radical (unpaired) electrons. The van der Waals surface area contributed by atoms with Crippen LogP contribution in [0.3, 0.4) is 0 Å². The molecule has 0 bridgehead atoms. The van der Waals surface area contributed by atoms with E-state index in [1.807, 2.05) is 6.92 Å². The van der Waals surface area contributed by atoms with Crippen molar-refractivity contribution in [1.82, 2.24) is 5.48 Å². The maximum atomic E-state index is 5.13. The lowest BCUT2D eigenvalue weighted by molar-refractivity contribution is 0.0285. The highest BCUT2D eigenvalue weighted by Crippen LogP contribution is 2.13. The molecule has 2 nitrogen and oxygen atoms in total. The molecule has 0 saturated carbocycles. The summed E-state index contributed by atoms with van der Waals surface area (Å²) in [6.45, 7) is 4.74. The molecule has 1 N–H and O–H groups in total. The van der Waals surface area contributed by atoms with Gasteiger partial charge in [-0.05, 0) is 54.1 Å². The second-order valence-electron chi connectivity index (χ2n) is 2.82. The summed E-state index contributed by atoms with van der Waals surface area (Å²) in [6, 6.07) is 8.66. The van der Waals surface area contributed by atoms with Crippen LogP contribution in [0.25, 0.3) is 0 Å². The van der Waals surface area contributed by atoms with E-state index in [1.54, 1.807) is 0 Å². The van der Waals surface area contributed by atoms with Crippen molar-refractivity contribution < 1.29 is 4.84 Å². The summed E-state index contributed by atoms with van der Waals surface area (Å²) < 4.78 is 1.25. The number of nitrogens with one attached hydrogen (secondary N) is 1. The van der Waals surface area contributed by atoms with Gasteiger partial charge in [0.05, 0.1) is 12.6 Å². The first kappa shape index (κ1) is 10.9. The number of benzene rings is 1. The van der Waals surface area contributed by atoms with Crippen molar-refractivity contribution in [2.75, 3.05) is 6.61 Å². The van der Waals surface area contributed by atoms with Gasteiger partial charge in [-0.25, -0.2) is 0 Å². The van der Waals surface area contributed by atoms with Crippen molar-refractivity contribution in [2.45, 2.75) is 19.9 Å². The molecule has 3 heteroatoms. The lowest BCUT2D eigenvalue weighted by Gasteiger charge is -2.12. The van der Waals surface area contributed by atoms with Gasteiger partial charge in [0.25, 0.3) is 0 Å². The SMILES string of the molecule is CCONC(C)c1ccc(I)cc1. The van der Waals surface area contributed by atoms with E-state index in [-0.39, 0.29) is 6.04 Å². The fraction of sp³-hybridized carbons (Fsp3) is 0.400. The Morgan fingerprint density at radius 1 is 1.38 bits per heavy atom. The van der Waals surface area contributed by atoms with Gasteiger partial charge in [0.15, 0.2) is 0 Å². The summed E-state index contributed by atoms with van der Waals surface area (Å²) in [4.78, 5) is 5.13. The largest absolute Gasteiger partial charge is 0.302 e. The predicted molar refractivity (Wildman–Crippen MR) is 62.3 cm³/mol. The van der Waals surface area contributed by atoms with Gasteiger partial charge in [-0.15, -0.1) is 0 Å². The fourth-order valence-electron chi connectivity index (χ4n) is 1.03. The third kappa shape index (κ3) is 3.62. The molecule has 1 aromatic carbocycles. The molecule has 1 unspecified atom stereocenters. The average Bonchev–Trinajstić information content (AvgIpc) is 2.15. The van der Waals surface area contributed by atoms with Gasteiger partial charge >= 0.3 is 0 Å². The Kier molecular flexibility index (Phi) is 4.69. The molecule has 0 amide bonds. The van der Waals surface area contributed by atoms with Crippen LogP contribution in [0.1, 0.15) is 25.5 Å². The first-order valence-electron chi connectivity index (χ1n) is 4.36.